The lowest BCUT2D eigenvalue weighted by atomic mass is 10.3. The lowest BCUT2D eigenvalue weighted by molar-refractivity contribution is -0.129. The number of halogens is 2. The van der Waals surface area contributed by atoms with E-state index >= 15 is 0 Å². The molecule has 0 aliphatic carbocycles. The van der Waals surface area contributed by atoms with E-state index in [2.05, 4.69) is 26.6 Å². The highest BCUT2D eigenvalue weighted by atomic mass is 79.9. The first kappa shape index (κ1) is 16.4. The second kappa shape index (κ2) is 7.84. The van der Waals surface area contributed by atoms with Gasteiger partial charge in [0, 0.05) is 6.54 Å². The van der Waals surface area contributed by atoms with Gasteiger partial charge in [0.15, 0.2) is 6.61 Å². The number of hydrogen-bond acceptors (Lipinski definition) is 3. The minimum Gasteiger partial charge on any atom is -0.483 e. The number of benzene rings is 1. The molecule has 2 amide bonds. The van der Waals surface area contributed by atoms with Crippen molar-refractivity contribution in [2.45, 2.75) is 19.9 Å². The molecule has 7 heteroatoms. The van der Waals surface area contributed by atoms with Crippen LogP contribution in [0.25, 0.3) is 0 Å². The Bertz CT molecular complexity index is 497. The largest absolute Gasteiger partial charge is 0.483 e. The molecule has 1 atom stereocenters. The lowest BCUT2D eigenvalue weighted by Crippen LogP contribution is -2.46. The smallest absolute Gasteiger partial charge is 0.258 e. The fourth-order valence-electron chi connectivity index (χ4n) is 1.41. The number of ether oxygens (including phenoxy) is 1. The number of rotatable bonds is 6. The van der Waals surface area contributed by atoms with Crippen molar-refractivity contribution >= 4 is 27.7 Å². The van der Waals surface area contributed by atoms with Crippen LogP contribution in [0.4, 0.5) is 4.39 Å². The summed E-state index contributed by atoms with van der Waals surface area (Å²) in [6.07, 6.45) is 0. The van der Waals surface area contributed by atoms with Gasteiger partial charge in [-0.1, -0.05) is 0 Å². The van der Waals surface area contributed by atoms with Crippen molar-refractivity contribution < 1.29 is 18.7 Å². The van der Waals surface area contributed by atoms with Gasteiger partial charge in [0.1, 0.15) is 17.6 Å². The molecule has 0 aliphatic rings. The molecule has 0 saturated carbocycles. The molecule has 1 aromatic rings. The van der Waals surface area contributed by atoms with Crippen LogP contribution in [0, 0.1) is 5.82 Å². The first-order valence-corrected chi connectivity index (χ1v) is 6.88. The maximum Gasteiger partial charge on any atom is 0.258 e. The summed E-state index contributed by atoms with van der Waals surface area (Å²) >= 11 is 3.13. The Balaban J connectivity index is 2.45. The van der Waals surface area contributed by atoms with E-state index in [1.807, 2.05) is 0 Å². The molecule has 110 valence electrons. The van der Waals surface area contributed by atoms with Crippen molar-refractivity contribution in [1.29, 1.82) is 0 Å². The molecule has 20 heavy (non-hydrogen) atoms. The van der Waals surface area contributed by atoms with Crippen molar-refractivity contribution in [2.24, 2.45) is 0 Å². The molecule has 0 heterocycles. The Morgan fingerprint density at radius 2 is 2.15 bits per heavy atom. The standard InChI is InChI=1S/C13H16BrFN2O3/c1-3-16-13(19)8(2)17-12(18)7-20-11-5-4-9(15)6-10(11)14/h4-6,8H,3,7H2,1-2H3,(H,16,19)(H,17,18)/t8-/m0/s1. The van der Waals surface area contributed by atoms with Crippen LogP contribution in [0.5, 0.6) is 5.75 Å². The Hall–Kier alpha value is -1.63. The van der Waals surface area contributed by atoms with Crippen LogP contribution < -0.4 is 15.4 Å². The van der Waals surface area contributed by atoms with Gasteiger partial charge in [-0.05, 0) is 48.0 Å². The van der Waals surface area contributed by atoms with E-state index in [9.17, 15) is 14.0 Å². The average Bonchev–Trinajstić information content (AvgIpc) is 2.37. The van der Waals surface area contributed by atoms with Crippen molar-refractivity contribution in [3.8, 4) is 5.75 Å². The molecule has 5 nitrogen and oxygen atoms in total. The zero-order chi connectivity index (χ0) is 15.1. The van der Waals surface area contributed by atoms with E-state index in [1.165, 1.54) is 18.2 Å². The molecule has 0 aromatic heterocycles. The van der Waals surface area contributed by atoms with E-state index in [0.717, 1.165) is 0 Å². The zero-order valence-corrected chi connectivity index (χ0v) is 12.8. The highest BCUT2D eigenvalue weighted by Crippen LogP contribution is 2.25. The third kappa shape index (κ3) is 5.16. The maximum atomic E-state index is 12.9. The molecule has 0 saturated heterocycles. The molecular formula is C13H16BrFN2O3. The normalized spacial score (nSPS) is 11.6. The number of amides is 2. The third-order valence-electron chi connectivity index (χ3n) is 2.37. The average molecular weight is 347 g/mol. The summed E-state index contributed by atoms with van der Waals surface area (Å²) < 4.78 is 18.5. The van der Waals surface area contributed by atoms with Crippen LogP contribution >= 0.6 is 15.9 Å². The van der Waals surface area contributed by atoms with E-state index in [-0.39, 0.29) is 12.5 Å². The lowest BCUT2D eigenvalue weighted by Gasteiger charge is -2.14. The van der Waals surface area contributed by atoms with Gasteiger partial charge in [0.05, 0.1) is 4.47 Å². The molecule has 0 bridgehead atoms. The highest BCUT2D eigenvalue weighted by molar-refractivity contribution is 9.10. The molecule has 2 N–H and O–H groups in total. The van der Waals surface area contributed by atoms with Gasteiger partial charge in [-0.2, -0.15) is 0 Å². The summed E-state index contributed by atoms with van der Waals surface area (Å²) in [5.41, 5.74) is 0. The van der Waals surface area contributed by atoms with Crippen molar-refractivity contribution in [1.82, 2.24) is 10.6 Å². The van der Waals surface area contributed by atoms with Gasteiger partial charge < -0.3 is 15.4 Å². The second-order valence-electron chi connectivity index (χ2n) is 4.05. The van der Waals surface area contributed by atoms with E-state index in [0.29, 0.717) is 16.8 Å². The molecule has 0 radical (unpaired) electrons. The van der Waals surface area contributed by atoms with Crippen LogP contribution in [0.3, 0.4) is 0 Å². The number of likely N-dealkylation sites (N-methyl/N-ethyl adjacent to an activating group) is 1. The van der Waals surface area contributed by atoms with E-state index in [1.54, 1.807) is 13.8 Å². The van der Waals surface area contributed by atoms with Crippen molar-refractivity contribution in [3.63, 3.8) is 0 Å². The third-order valence-corrected chi connectivity index (χ3v) is 2.99. The minimum absolute atomic E-state index is 0.256. The molecule has 0 aliphatic heterocycles. The predicted octanol–water partition coefficient (Wildman–Crippen LogP) is 1.61. The second-order valence-corrected chi connectivity index (χ2v) is 4.90. The van der Waals surface area contributed by atoms with Gasteiger partial charge in [0.2, 0.25) is 5.91 Å². The fraction of sp³-hybridized carbons (Fsp3) is 0.385. The summed E-state index contributed by atoms with van der Waals surface area (Å²) in [4.78, 5) is 23.0. The topological polar surface area (TPSA) is 67.4 Å². The Morgan fingerprint density at radius 1 is 1.45 bits per heavy atom. The summed E-state index contributed by atoms with van der Waals surface area (Å²) in [5.74, 6) is -0.741. The Kier molecular flexibility index (Phi) is 6.44. The van der Waals surface area contributed by atoms with Gasteiger partial charge in [-0.15, -0.1) is 0 Å². The fourth-order valence-corrected chi connectivity index (χ4v) is 1.88. The van der Waals surface area contributed by atoms with Crippen molar-refractivity contribution in [2.75, 3.05) is 13.2 Å². The summed E-state index contributed by atoms with van der Waals surface area (Å²) in [7, 11) is 0. The minimum atomic E-state index is -0.636. The SMILES string of the molecule is CCNC(=O)[C@H](C)NC(=O)COc1ccc(F)cc1Br. The quantitative estimate of drug-likeness (QED) is 0.822. The molecule has 1 rings (SSSR count). The number of hydrogen-bond donors (Lipinski definition) is 2. The Morgan fingerprint density at radius 3 is 2.75 bits per heavy atom. The molecular weight excluding hydrogens is 331 g/mol. The monoisotopic (exact) mass is 346 g/mol. The number of carbonyl (C=O) groups excluding carboxylic acids is 2. The predicted molar refractivity (Wildman–Crippen MR) is 75.9 cm³/mol. The highest BCUT2D eigenvalue weighted by Gasteiger charge is 2.15. The first-order chi connectivity index (χ1) is 9.43. The van der Waals surface area contributed by atoms with Crippen LogP contribution in [-0.2, 0) is 9.59 Å². The van der Waals surface area contributed by atoms with Gasteiger partial charge >= 0.3 is 0 Å². The first-order valence-electron chi connectivity index (χ1n) is 6.09. The van der Waals surface area contributed by atoms with Crippen LogP contribution in [0.15, 0.2) is 22.7 Å². The van der Waals surface area contributed by atoms with Gasteiger partial charge in [-0.3, -0.25) is 9.59 Å². The van der Waals surface area contributed by atoms with Gasteiger partial charge in [-0.25, -0.2) is 4.39 Å². The number of nitrogens with one attached hydrogen (secondary N) is 2. The Labute approximate surface area is 125 Å². The van der Waals surface area contributed by atoms with Crippen molar-refractivity contribution in [3.05, 3.63) is 28.5 Å². The maximum absolute atomic E-state index is 12.9. The molecule has 0 unspecified atom stereocenters. The molecule has 1 aromatic carbocycles. The van der Waals surface area contributed by atoms with E-state index < -0.39 is 17.8 Å². The van der Waals surface area contributed by atoms with Gasteiger partial charge in [0.25, 0.3) is 5.91 Å². The van der Waals surface area contributed by atoms with Crippen LogP contribution in [0.1, 0.15) is 13.8 Å². The van der Waals surface area contributed by atoms with Crippen LogP contribution in [0.2, 0.25) is 0 Å². The van der Waals surface area contributed by atoms with Crippen LogP contribution in [-0.4, -0.2) is 31.0 Å². The molecule has 0 spiro atoms. The molecule has 0 fully saturated rings. The summed E-state index contributed by atoms with van der Waals surface area (Å²) in [6.45, 7) is 3.62. The zero-order valence-electron chi connectivity index (χ0n) is 11.2. The van der Waals surface area contributed by atoms with E-state index in [4.69, 9.17) is 4.74 Å². The summed E-state index contributed by atoms with van der Waals surface area (Å²) in [6, 6.07) is 3.25. The number of carbonyl (C=O) groups is 2. The summed E-state index contributed by atoms with van der Waals surface area (Å²) in [5, 5.41) is 5.10.